The summed E-state index contributed by atoms with van der Waals surface area (Å²) in [4.78, 5) is 14.4. The highest BCUT2D eigenvalue weighted by atomic mass is 35.5. The number of likely N-dealkylation sites (tertiary alicyclic amines) is 1. The van der Waals surface area contributed by atoms with Crippen molar-refractivity contribution in [3.05, 3.63) is 55.0 Å². The number of fused-ring (bicyclic) bond motifs is 1. The molecule has 2 aromatic heterocycles. The molecular formula is C28H35ClN6O3. The number of nitrogens with zero attached hydrogens (tertiary/aromatic N) is 6. The number of halogens is 1. The van der Waals surface area contributed by atoms with E-state index in [-0.39, 0.29) is 19.0 Å². The Morgan fingerprint density at radius 1 is 0.921 bits per heavy atom. The first-order valence-corrected chi connectivity index (χ1v) is 12.8. The molecule has 0 amide bonds. The third-order valence-electron chi connectivity index (χ3n) is 6.80. The zero-order valence-corrected chi connectivity index (χ0v) is 22.7. The number of hydrogen-bond acceptors (Lipinski definition) is 8. The van der Waals surface area contributed by atoms with Gasteiger partial charge in [0.25, 0.3) is 0 Å². The molecule has 0 bridgehead atoms. The normalized spacial score (nSPS) is 13.4. The number of aromatic nitrogens is 4. The molecule has 38 heavy (non-hydrogen) atoms. The van der Waals surface area contributed by atoms with Crippen LogP contribution in [0.25, 0.3) is 22.3 Å². The molecule has 3 heterocycles. The average Bonchev–Trinajstić information content (AvgIpc) is 3.63. The summed E-state index contributed by atoms with van der Waals surface area (Å²) in [5.74, 6) is 1.50. The number of anilines is 2. The first kappa shape index (κ1) is 27.6. The molecule has 9 nitrogen and oxygen atoms in total. The fourth-order valence-corrected chi connectivity index (χ4v) is 4.84. The summed E-state index contributed by atoms with van der Waals surface area (Å²) in [7, 11) is 3.35. The Morgan fingerprint density at radius 2 is 1.68 bits per heavy atom. The molecule has 202 valence electrons. The summed E-state index contributed by atoms with van der Waals surface area (Å²) in [5, 5.41) is 13.5. The molecule has 1 aliphatic rings. The van der Waals surface area contributed by atoms with E-state index in [1.807, 2.05) is 30.5 Å². The lowest BCUT2D eigenvalue weighted by molar-refractivity contribution is 0.269. The monoisotopic (exact) mass is 538 g/mol. The molecule has 0 unspecified atom stereocenters. The van der Waals surface area contributed by atoms with Crippen molar-refractivity contribution in [1.82, 2.24) is 24.6 Å². The zero-order chi connectivity index (χ0) is 25.6. The van der Waals surface area contributed by atoms with Crippen LogP contribution in [0.3, 0.4) is 0 Å². The summed E-state index contributed by atoms with van der Waals surface area (Å²) in [6, 6.07) is 12.2. The van der Waals surface area contributed by atoms with Gasteiger partial charge in [0.05, 0.1) is 56.5 Å². The minimum atomic E-state index is 0. The number of benzene rings is 2. The fourth-order valence-electron chi connectivity index (χ4n) is 4.84. The number of hydrogen-bond donors (Lipinski definition) is 1. The first-order chi connectivity index (χ1) is 18.2. The Kier molecular flexibility index (Phi) is 9.38. The van der Waals surface area contributed by atoms with Crippen LogP contribution in [-0.2, 0) is 6.54 Å². The van der Waals surface area contributed by atoms with E-state index in [0.717, 1.165) is 64.7 Å². The van der Waals surface area contributed by atoms with Crippen LogP contribution >= 0.6 is 12.4 Å². The number of ether oxygens (including phenoxy) is 2. The number of aliphatic hydroxyl groups excluding tert-OH is 1. The van der Waals surface area contributed by atoms with E-state index < -0.39 is 0 Å². The van der Waals surface area contributed by atoms with Crippen molar-refractivity contribution in [3.63, 3.8) is 0 Å². The molecule has 0 saturated carbocycles. The number of aliphatic hydroxyl groups is 1. The van der Waals surface area contributed by atoms with Gasteiger partial charge in [-0.15, -0.1) is 12.4 Å². The Labute approximate surface area is 229 Å². The van der Waals surface area contributed by atoms with Crippen molar-refractivity contribution in [3.8, 4) is 22.8 Å². The van der Waals surface area contributed by atoms with Crippen molar-refractivity contribution in [2.75, 3.05) is 51.9 Å². The maximum Gasteiger partial charge on any atom is 0.124 e. The fraction of sp³-hybridized carbons (Fsp3) is 0.393. The van der Waals surface area contributed by atoms with Crippen molar-refractivity contribution >= 4 is 34.8 Å². The molecule has 1 fully saturated rings. The van der Waals surface area contributed by atoms with Gasteiger partial charge in [-0.3, -0.25) is 9.67 Å². The lowest BCUT2D eigenvalue weighted by atomic mass is 10.1. The first-order valence-electron chi connectivity index (χ1n) is 12.8. The minimum absolute atomic E-state index is 0. The van der Waals surface area contributed by atoms with Gasteiger partial charge in [0.15, 0.2) is 0 Å². The smallest absolute Gasteiger partial charge is 0.124 e. The molecule has 0 aliphatic carbocycles. The van der Waals surface area contributed by atoms with Crippen LogP contribution in [0.1, 0.15) is 19.3 Å². The van der Waals surface area contributed by atoms with Gasteiger partial charge in [0.2, 0.25) is 0 Å². The van der Waals surface area contributed by atoms with Crippen LogP contribution in [0.5, 0.6) is 11.5 Å². The molecule has 0 atom stereocenters. The summed E-state index contributed by atoms with van der Waals surface area (Å²) in [6.45, 7) is 4.79. The number of methoxy groups -OCH3 is 2. The molecule has 1 aliphatic heterocycles. The van der Waals surface area contributed by atoms with E-state index in [2.05, 4.69) is 32.0 Å². The summed E-state index contributed by atoms with van der Waals surface area (Å²) < 4.78 is 12.8. The Bertz CT molecular complexity index is 1320. The standard InChI is InChI=1S/C28H34N6O3.ClH/c1-36-24-14-23(15-25(17-24)37-2)34(11-5-10-32-8-3-4-9-32)22-6-7-26-27(16-22)31-28(19-29-26)21-18-30-33(20-21)12-13-35;/h6-7,14-20,35H,3-5,8-13H2,1-2H3;1H. The Hall–Kier alpha value is -3.40. The van der Waals surface area contributed by atoms with Crippen LogP contribution in [0.4, 0.5) is 11.4 Å². The van der Waals surface area contributed by atoms with E-state index in [0.29, 0.717) is 6.54 Å². The highest BCUT2D eigenvalue weighted by molar-refractivity contribution is 5.85. The largest absolute Gasteiger partial charge is 0.497 e. The van der Waals surface area contributed by atoms with Gasteiger partial charge >= 0.3 is 0 Å². The van der Waals surface area contributed by atoms with E-state index in [4.69, 9.17) is 14.5 Å². The van der Waals surface area contributed by atoms with Crippen LogP contribution in [0.15, 0.2) is 55.0 Å². The van der Waals surface area contributed by atoms with Crippen molar-refractivity contribution in [2.24, 2.45) is 0 Å². The Balaban J connectivity index is 0.00000336. The second-order valence-electron chi connectivity index (χ2n) is 9.27. The lowest BCUT2D eigenvalue weighted by Gasteiger charge is -2.27. The molecule has 10 heteroatoms. The Morgan fingerprint density at radius 3 is 2.39 bits per heavy atom. The van der Waals surface area contributed by atoms with Crippen molar-refractivity contribution in [2.45, 2.75) is 25.8 Å². The van der Waals surface area contributed by atoms with Crippen molar-refractivity contribution in [1.29, 1.82) is 0 Å². The predicted molar refractivity (Wildman–Crippen MR) is 152 cm³/mol. The maximum atomic E-state index is 9.19. The zero-order valence-electron chi connectivity index (χ0n) is 21.9. The second-order valence-corrected chi connectivity index (χ2v) is 9.27. The quantitative estimate of drug-likeness (QED) is 0.297. The van der Waals surface area contributed by atoms with E-state index in [1.165, 1.54) is 25.9 Å². The van der Waals surface area contributed by atoms with Crippen LogP contribution in [0.2, 0.25) is 0 Å². The van der Waals surface area contributed by atoms with Gasteiger partial charge < -0.3 is 24.4 Å². The molecule has 5 rings (SSSR count). The topological polar surface area (TPSA) is 88.8 Å². The van der Waals surface area contributed by atoms with Gasteiger partial charge in [-0.05, 0) is 57.1 Å². The molecule has 4 aromatic rings. The third kappa shape index (κ3) is 6.35. The van der Waals surface area contributed by atoms with Crippen LogP contribution in [-0.4, -0.2) is 76.8 Å². The molecule has 0 spiro atoms. The molecule has 0 radical (unpaired) electrons. The molecule has 2 aromatic carbocycles. The summed E-state index contributed by atoms with van der Waals surface area (Å²) >= 11 is 0. The minimum Gasteiger partial charge on any atom is -0.497 e. The van der Waals surface area contributed by atoms with Gasteiger partial charge in [-0.2, -0.15) is 5.10 Å². The van der Waals surface area contributed by atoms with Crippen molar-refractivity contribution < 1.29 is 14.6 Å². The third-order valence-corrected chi connectivity index (χ3v) is 6.80. The molecule has 1 N–H and O–H groups in total. The lowest BCUT2D eigenvalue weighted by Crippen LogP contribution is -2.26. The van der Waals surface area contributed by atoms with E-state index >= 15 is 0 Å². The predicted octanol–water partition coefficient (Wildman–Crippen LogP) is 4.55. The van der Waals surface area contributed by atoms with Crippen LogP contribution < -0.4 is 14.4 Å². The number of rotatable bonds is 11. The molecule has 1 saturated heterocycles. The highest BCUT2D eigenvalue weighted by Crippen LogP contribution is 2.34. The van der Waals surface area contributed by atoms with Gasteiger partial charge in [-0.25, -0.2) is 4.98 Å². The summed E-state index contributed by atoms with van der Waals surface area (Å²) in [5.41, 5.74) is 5.29. The van der Waals surface area contributed by atoms with Gasteiger partial charge in [-0.1, -0.05) is 0 Å². The second kappa shape index (κ2) is 12.9. The maximum absolute atomic E-state index is 9.19. The van der Waals surface area contributed by atoms with Crippen LogP contribution in [0, 0.1) is 0 Å². The van der Waals surface area contributed by atoms with E-state index in [9.17, 15) is 5.11 Å². The van der Waals surface area contributed by atoms with E-state index in [1.54, 1.807) is 31.3 Å². The average molecular weight is 539 g/mol. The highest BCUT2D eigenvalue weighted by Gasteiger charge is 2.16. The SMILES string of the molecule is COc1cc(OC)cc(N(CCCN2CCCC2)c2ccc3ncc(-c4cnn(CCO)c4)nc3c2)c1.Cl. The van der Waals surface area contributed by atoms with Gasteiger partial charge in [0, 0.05) is 47.9 Å². The summed E-state index contributed by atoms with van der Waals surface area (Å²) in [6.07, 6.45) is 9.02. The van der Waals surface area contributed by atoms with Gasteiger partial charge in [0.1, 0.15) is 11.5 Å². The molecular weight excluding hydrogens is 504 g/mol.